The topological polar surface area (TPSA) is 38.5 Å². The van der Waals surface area contributed by atoms with Crippen molar-refractivity contribution in [2.45, 2.75) is 25.9 Å². The fraction of sp³-hybridized carbons (Fsp3) is 1.00. The van der Waals surface area contributed by atoms with Gasteiger partial charge in [-0.25, -0.2) is 0 Å². The molecule has 0 spiro atoms. The largest absolute Gasteiger partial charge is 0.383 e. The third kappa shape index (κ3) is 4.35. The van der Waals surface area contributed by atoms with E-state index in [-0.39, 0.29) is 6.04 Å². The van der Waals surface area contributed by atoms with Gasteiger partial charge in [0.05, 0.1) is 6.61 Å². The Hall–Kier alpha value is -0.120. The molecule has 0 aromatic heterocycles. The van der Waals surface area contributed by atoms with Gasteiger partial charge in [-0.1, -0.05) is 0 Å². The fourth-order valence-corrected chi connectivity index (χ4v) is 0.840. The minimum atomic E-state index is 0.219. The Morgan fingerprint density at radius 3 is 2.36 bits per heavy atom. The molecule has 0 fully saturated rings. The number of nitrogens with zero attached hydrogens (tertiary/aromatic N) is 1. The highest BCUT2D eigenvalue weighted by Gasteiger charge is 2.11. The summed E-state index contributed by atoms with van der Waals surface area (Å²) in [5, 5.41) is 0. The Labute approximate surface area is 69.5 Å². The number of ether oxygens (including phenoxy) is 1. The Bertz CT molecular complexity index is 96.1. The summed E-state index contributed by atoms with van der Waals surface area (Å²) in [5.41, 5.74) is 5.73. The molecular weight excluding hydrogens is 140 g/mol. The van der Waals surface area contributed by atoms with E-state index >= 15 is 0 Å². The monoisotopic (exact) mass is 160 g/mol. The molecule has 2 atom stereocenters. The first-order valence-corrected chi connectivity index (χ1v) is 4.04. The van der Waals surface area contributed by atoms with Gasteiger partial charge in [-0.2, -0.15) is 0 Å². The molecule has 0 saturated carbocycles. The minimum Gasteiger partial charge on any atom is -0.383 e. The highest BCUT2D eigenvalue weighted by molar-refractivity contribution is 4.71. The molecule has 0 aliphatic rings. The lowest BCUT2D eigenvalue weighted by Crippen LogP contribution is -2.43. The van der Waals surface area contributed by atoms with Crippen LogP contribution in [0.25, 0.3) is 0 Å². The van der Waals surface area contributed by atoms with Gasteiger partial charge in [-0.3, -0.25) is 4.90 Å². The molecule has 0 amide bonds. The van der Waals surface area contributed by atoms with Gasteiger partial charge >= 0.3 is 0 Å². The summed E-state index contributed by atoms with van der Waals surface area (Å²) < 4.78 is 4.96. The second kappa shape index (κ2) is 5.52. The van der Waals surface area contributed by atoms with Crippen LogP contribution in [0.15, 0.2) is 0 Å². The van der Waals surface area contributed by atoms with E-state index < -0.39 is 0 Å². The second-order valence-electron chi connectivity index (χ2n) is 3.07. The molecule has 0 bridgehead atoms. The van der Waals surface area contributed by atoms with E-state index in [1.54, 1.807) is 7.11 Å². The van der Waals surface area contributed by atoms with Crippen molar-refractivity contribution in [1.29, 1.82) is 0 Å². The molecule has 0 heterocycles. The quantitative estimate of drug-likeness (QED) is 0.628. The molecule has 0 aliphatic heterocycles. The van der Waals surface area contributed by atoms with E-state index in [9.17, 15) is 0 Å². The Morgan fingerprint density at radius 2 is 2.00 bits per heavy atom. The summed E-state index contributed by atoms with van der Waals surface area (Å²) in [7, 11) is 3.78. The molecule has 3 heteroatoms. The molecule has 2 N–H and O–H groups in total. The van der Waals surface area contributed by atoms with E-state index in [1.807, 2.05) is 6.92 Å². The maximum Gasteiger partial charge on any atom is 0.0589 e. The number of nitrogens with two attached hydrogens (primary N) is 1. The van der Waals surface area contributed by atoms with Crippen LogP contribution in [0.2, 0.25) is 0 Å². The van der Waals surface area contributed by atoms with Crippen LogP contribution in [0.3, 0.4) is 0 Å². The first-order chi connectivity index (χ1) is 5.09. The van der Waals surface area contributed by atoms with Crippen LogP contribution < -0.4 is 5.73 Å². The minimum absolute atomic E-state index is 0.219. The first-order valence-electron chi connectivity index (χ1n) is 4.04. The number of methoxy groups -OCH3 is 1. The van der Waals surface area contributed by atoms with Crippen molar-refractivity contribution in [3.63, 3.8) is 0 Å². The third-order valence-electron chi connectivity index (χ3n) is 2.10. The second-order valence-corrected chi connectivity index (χ2v) is 3.07. The molecule has 0 radical (unpaired) electrons. The predicted molar refractivity (Wildman–Crippen MR) is 47.6 cm³/mol. The van der Waals surface area contributed by atoms with Crippen LogP contribution in [0.1, 0.15) is 13.8 Å². The lowest BCUT2D eigenvalue weighted by Gasteiger charge is -2.27. The van der Waals surface area contributed by atoms with Crippen molar-refractivity contribution in [2.75, 3.05) is 27.3 Å². The van der Waals surface area contributed by atoms with Gasteiger partial charge < -0.3 is 10.5 Å². The van der Waals surface area contributed by atoms with E-state index in [2.05, 4.69) is 18.9 Å². The van der Waals surface area contributed by atoms with Crippen LogP contribution in [0, 0.1) is 0 Å². The van der Waals surface area contributed by atoms with Crippen LogP contribution in [-0.2, 0) is 4.74 Å². The van der Waals surface area contributed by atoms with Crippen molar-refractivity contribution >= 4 is 0 Å². The van der Waals surface area contributed by atoms with Crippen LogP contribution in [0.4, 0.5) is 0 Å². The van der Waals surface area contributed by atoms with Gasteiger partial charge in [-0.05, 0) is 20.9 Å². The van der Waals surface area contributed by atoms with Gasteiger partial charge in [-0.15, -0.1) is 0 Å². The zero-order valence-corrected chi connectivity index (χ0v) is 8.00. The molecule has 0 saturated heterocycles. The number of hydrogen-bond donors (Lipinski definition) is 1. The average molecular weight is 160 g/mol. The van der Waals surface area contributed by atoms with Gasteiger partial charge in [0.2, 0.25) is 0 Å². The molecule has 68 valence electrons. The van der Waals surface area contributed by atoms with Gasteiger partial charge in [0.25, 0.3) is 0 Å². The van der Waals surface area contributed by atoms with E-state index in [4.69, 9.17) is 10.5 Å². The molecule has 11 heavy (non-hydrogen) atoms. The standard InChI is InChI=1S/C8H20N2O/c1-7(9)8(2)10(3)5-6-11-4/h7-8H,5-6,9H2,1-4H3. The smallest absolute Gasteiger partial charge is 0.0589 e. The number of hydrogen-bond acceptors (Lipinski definition) is 3. The SMILES string of the molecule is COCCN(C)C(C)C(C)N. The number of rotatable bonds is 5. The predicted octanol–water partition coefficient (Wildman–Crippen LogP) is 0.300. The van der Waals surface area contributed by atoms with E-state index in [0.29, 0.717) is 6.04 Å². The van der Waals surface area contributed by atoms with Crippen LogP contribution in [0.5, 0.6) is 0 Å². The van der Waals surface area contributed by atoms with Crippen molar-refractivity contribution in [3.8, 4) is 0 Å². The summed E-state index contributed by atoms with van der Waals surface area (Å²) in [4.78, 5) is 2.20. The van der Waals surface area contributed by atoms with E-state index in [0.717, 1.165) is 13.2 Å². The van der Waals surface area contributed by atoms with Crippen molar-refractivity contribution in [1.82, 2.24) is 4.90 Å². The molecule has 0 aromatic carbocycles. The molecular formula is C8H20N2O. The Kier molecular flexibility index (Phi) is 5.46. The Balaban J connectivity index is 3.55. The average Bonchev–Trinajstić information content (AvgIpc) is 1.98. The maximum atomic E-state index is 5.73. The Morgan fingerprint density at radius 1 is 1.45 bits per heavy atom. The van der Waals surface area contributed by atoms with Gasteiger partial charge in [0, 0.05) is 25.7 Å². The van der Waals surface area contributed by atoms with Gasteiger partial charge in [0.15, 0.2) is 0 Å². The third-order valence-corrected chi connectivity index (χ3v) is 2.10. The van der Waals surface area contributed by atoms with Crippen molar-refractivity contribution in [3.05, 3.63) is 0 Å². The normalized spacial score (nSPS) is 16.9. The lowest BCUT2D eigenvalue weighted by molar-refractivity contribution is 0.136. The summed E-state index contributed by atoms with van der Waals surface area (Å²) in [6.45, 7) is 5.86. The summed E-state index contributed by atoms with van der Waals surface area (Å²) in [5.74, 6) is 0. The number of likely N-dealkylation sites (N-methyl/N-ethyl adjacent to an activating group) is 1. The van der Waals surface area contributed by atoms with Crippen LogP contribution >= 0.6 is 0 Å². The molecule has 0 aliphatic carbocycles. The maximum absolute atomic E-state index is 5.73. The lowest BCUT2D eigenvalue weighted by atomic mass is 10.1. The van der Waals surface area contributed by atoms with Crippen LogP contribution in [-0.4, -0.2) is 44.3 Å². The van der Waals surface area contributed by atoms with Crippen molar-refractivity contribution < 1.29 is 4.74 Å². The van der Waals surface area contributed by atoms with E-state index in [1.165, 1.54) is 0 Å². The molecule has 0 aromatic rings. The molecule has 2 unspecified atom stereocenters. The summed E-state index contributed by atoms with van der Waals surface area (Å²) >= 11 is 0. The van der Waals surface area contributed by atoms with Crippen molar-refractivity contribution in [2.24, 2.45) is 5.73 Å². The fourth-order valence-electron chi connectivity index (χ4n) is 0.840. The molecule has 0 rings (SSSR count). The highest BCUT2D eigenvalue weighted by Crippen LogP contribution is 1.98. The highest BCUT2D eigenvalue weighted by atomic mass is 16.5. The summed E-state index contributed by atoms with van der Waals surface area (Å²) in [6.07, 6.45) is 0. The summed E-state index contributed by atoms with van der Waals surface area (Å²) in [6, 6.07) is 0.641. The van der Waals surface area contributed by atoms with Gasteiger partial charge in [0.1, 0.15) is 0 Å². The zero-order valence-electron chi connectivity index (χ0n) is 8.00. The first kappa shape index (κ1) is 10.9. The molecule has 3 nitrogen and oxygen atoms in total. The zero-order chi connectivity index (χ0) is 8.85.